The number of aromatic nitrogens is 1. The number of fused-ring (bicyclic) bond motifs is 1. The summed E-state index contributed by atoms with van der Waals surface area (Å²) in [6.07, 6.45) is 7.04. The zero-order valence-corrected chi connectivity index (χ0v) is 19.6. The van der Waals surface area contributed by atoms with Gasteiger partial charge in [-0.1, -0.05) is 6.07 Å². The zero-order valence-electron chi connectivity index (χ0n) is 18.8. The van der Waals surface area contributed by atoms with Crippen LogP contribution in [0.2, 0.25) is 0 Å². The van der Waals surface area contributed by atoms with Gasteiger partial charge in [-0.15, -0.1) is 11.3 Å². The fraction of sp³-hybridized carbons (Fsp3) is 0.320. The van der Waals surface area contributed by atoms with E-state index in [0.29, 0.717) is 40.8 Å². The molecule has 0 unspecified atom stereocenters. The van der Waals surface area contributed by atoms with Crippen LogP contribution in [0, 0.1) is 0 Å². The standard InChI is InChI=1S/C25H27N3O4S/c1-3-32-19-11-10-16(13-20(19)31-2)14-27-24(30)22-18-8-4-5-9-21(18)33-25(22)28-23(29)17-7-6-12-26-15-17/h6-7,10-13,15H,3-5,8-9,14H2,1-2H3,(H,27,30)(H,28,29). The number of carbonyl (C=O) groups excluding carboxylic acids is 2. The van der Waals surface area contributed by atoms with E-state index < -0.39 is 0 Å². The number of hydrogen-bond acceptors (Lipinski definition) is 6. The lowest BCUT2D eigenvalue weighted by atomic mass is 9.95. The Morgan fingerprint density at radius 3 is 2.73 bits per heavy atom. The van der Waals surface area contributed by atoms with Gasteiger partial charge in [0.05, 0.1) is 24.8 Å². The minimum absolute atomic E-state index is 0.191. The van der Waals surface area contributed by atoms with Gasteiger partial charge >= 0.3 is 0 Å². The normalized spacial score (nSPS) is 12.5. The van der Waals surface area contributed by atoms with E-state index in [9.17, 15) is 9.59 Å². The van der Waals surface area contributed by atoms with Crippen LogP contribution in [0.3, 0.4) is 0 Å². The highest BCUT2D eigenvalue weighted by Gasteiger charge is 2.26. The van der Waals surface area contributed by atoms with Gasteiger partial charge in [-0.05, 0) is 68.0 Å². The summed E-state index contributed by atoms with van der Waals surface area (Å²) >= 11 is 1.50. The topological polar surface area (TPSA) is 89.6 Å². The van der Waals surface area contributed by atoms with Crippen LogP contribution in [0.1, 0.15) is 56.5 Å². The highest BCUT2D eigenvalue weighted by atomic mass is 32.1. The number of hydrogen-bond donors (Lipinski definition) is 2. The van der Waals surface area contributed by atoms with Crippen LogP contribution in [-0.2, 0) is 19.4 Å². The van der Waals surface area contributed by atoms with E-state index in [0.717, 1.165) is 36.8 Å². The highest BCUT2D eigenvalue weighted by molar-refractivity contribution is 7.17. The second-order valence-corrected chi connectivity index (χ2v) is 8.82. The van der Waals surface area contributed by atoms with Crippen molar-refractivity contribution in [1.82, 2.24) is 10.3 Å². The fourth-order valence-electron chi connectivity index (χ4n) is 3.93. The molecule has 1 aliphatic carbocycles. The minimum atomic E-state index is -0.271. The molecule has 2 amide bonds. The van der Waals surface area contributed by atoms with Crippen LogP contribution in [0.15, 0.2) is 42.7 Å². The minimum Gasteiger partial charge on any atom is -0.493 e. The SMILES string of the molecule is CCOc1ccc(CNC(=O)c2c(NC(=O)c3cccnc3)sc3c2CCCC3)cc1OC. The third kappa shape index (κ3) is 5.17. The van der Waals surface area contributed by atoms with E-state index in [2.05, 4.69) is 15.6 Å². The third-order valence-electron chi connectivity index (χ3n) is 5.53. The molecule has 2 aromatic heterocycles. The zero-order chi connectivity index (χ0) is 23.2. The molecule has 7 nitrogen and oxygen atoms in total. The largest absolute Gasteiger partial charge is 0.493 e. The molecule has 0 saturated carbocycles. The van der Waals surface area contributed by atoms with Gasteiger partial charge in [0, 0.05) is 23.8 Å². The molecule has 4 rings (SSSR count). The van der Waals surface area contributed by atoms with Crippen molar-refractivity contribution in [2.45, 2.75) is 39.2 Å². The Labute approximate surface area is 197 Å². The lowest BCUT2D eigenvalue weighted by molar-refractivity contribution is 0.0951. The lowest BCUT2D eigenvalue weighted by Crippen LogP contribution is -2.25. The second kappa shape index (κ2) is 10.5. The Hall–Kier alpha value is -3.39. The van der Waals surface area contributed by atoms with Crippen LogP contribution >= 0.6 is 11.3 Å². The number of nitrogens with one attached hydrogen (secondary N) is 2. The molecule has 0 bridgehead atoms. The molecule has 3 aromatic rings. The van der Waals surface area contributed by atoms with Gasteiger partial charge in [0.2, 0.25) is 0 Å². The van der Waals surface area contributed by atoms with Crippen molar-refractivity contribution < 1.29 is 19.1 Å². The van der Waals surface area contributed by atoms with Crippen molar-refractivity contribution in [3.05, 3.63) is 69.9 Å². The first-order valence-corrected chi connectivity index (χ1v) is 11.9. The molecule has 8 heteroatoms. The predicted molar refractivity (Wildman–Crippen MR) is 128 cm³/mol. The summed E-state index contributed by atoms with van der Waals surface area (Å²) in [6, 6.07) is 9.03. The average molecular weight is 466 g/mol. The summed E-state index contributed by atoms with van der Waals surface area (Å²) in [5.74, 6) is 0.832. The highest BCUT2D eigenvalue weighted by Crippen LogP contribution is 2.38. The van der Waals surface area contributed by atoms with Gasteiger partial charge in [-0.25, -0.2) is 0 Å². The van der Waals surface area contributed by atoms with Gasteiger partial charge in [0.1, 0.15) is 5.00 Å². The molecule has 0 fully saturated rings. The van der Waals surface area contributed by atoms with E-state index in [1.54, 1.807) is 25.4 Å². The molecule has 0 spiro atoms. The summed E-state index contributed by atoms with van der Waals surface area (Å²) < 4.78 is 11.0. The van der Waals surface area contributed by atoms with Crippen LogP contribution in [0.4, 0.5) is 5.00 Å². The molecule has 1 aromatic carbocycles. The number of rotatable bonds is 8. The molecule has 33 heavy (non-hydrogen) atoms. The van der Waals surface area contributed by atoms with Crippen LogP contribution in [0.5, 0.6) is 11.5 Å². The van der Waals surface area contributed by atoms with Gasteiger partial charge < -0.3 is 20.1 Å². The number of carbonyl (C=O) groups is 2. The number of amides is 2. The molecule has 0 radical (unpaired) electrons. The van der Waals surface area contributed by atoms with Crippen molar-refractivity contribution in [3.8, 4) is 11.5 Å². The molecule has 0 atom stereocenters. The van der Waals surface area contributed by atoms with Gasteiger partial charge in [-0.2, -0.15) is 0 Å². The maximum atomic E-state index is 13.3. The molecule has 0 saturated heterocycles. The number of aryl methyl sites for hydroxylation is 1. The smallest absolute Gasteiger partial charge is 0.257 e. The molecule has 0 aliphatic heterocycles. The molecule has 2 heterocycles. The average Bonchev–Trinajstić information content (AvgIpc) is 3.21. The number of thiophene rings is 1. The number of nitrogens with zero attached hydrogens (tertiary/aromatic N) is 1. The van der Waals surface area contributed by atoms with E-state index in [-0.39, 0.29) is 11.8 Å². The second-order valence-electron chi connectivity index (χ2n) is 7.71. The molecule has 1 aliphatic rings. The fourth-order valence-corrected chi connectivity index (χ4v) is 5.22. The van der Waals surface area contributed by atoms with E-state index in [1.165, 1.54) is 22.4 Å². The monoisotopic (exact) mass is 465 g/mol. The summed E-state index contributed by atoms with van der Waals surface area (Å²) in [5, 5.41) is 6.56. The Kier molecular flexibility index (Phi) is 7.24. The maximum Gasteiger partial charge on any atom is 0.257 e. The van der Waals surface area contributed by atoms with E-state index in [1.807, 2.05) is 25.1 Å². The molecule has 172 valence electrons. The van der Waals surface area contributed by atoms with Crippen molar-refractivity contribution in [1.29, 1.82) is 0 Å². The van der Waals surface area contributed by atoms with Gasteiger partial charge in [-0.3, -0.25) is 14.6 Å². The van der Waals surface area contributed by atoms with Gasteiger partial charge in [0.25, 0.3) is 11.8 Å². The lowest BCUT2D eigenvalue weighted by Gasteiger charge is -2.14. The van der Waals surface area contributed by atoms with Gasteiger partial charge in [0.15, 0.2) is 11.5 Å². The molecular weight excluding hydrogens is 438 g/mol. The summed E-state index contributed by atoms with van der Waals surface area (Å²) in [4.78, 5) is 31.2. The number of benzene rings is 1. The maximum absolute atomic E-state index is 13.3. The molecular formula is C25H27N3O4S. The Balaban J connectivity index is 1.54. The van der Waals surface area contributed by atoms with Crippen LogP contribution in [-0.4, -0.2) is 30.5 Å². The van der Waals surface area contributed by atoms with Crippen LogP contribution in [0.25, 0.3) is 0 Å². The van der Waals surface area contributed by atoms with Crippen molar-refractivity contribution in [3.63, 3.8) is 0 Å². The van der Waals surface area contributed by atoms with Crippen molar-refractivity contribution in [2.75, 3.05) is 19.0 Å². The first-order chi connectivity index (χ1) is 16.1. The first-order valence-electron chi connectivity index (χ1n) is 11.0. The molecule has 2 N–H and O–H groups in total. The van der Waals surface area contributed by atoms with E-state index in [4.69, 9.17) is 9.47 Å². The van der Waals surface area contributed by atoms with Crippen molar-refractivity contribution >= 4 is 28.2 Å². The third-order valence-corrected chi connectivity index (χ3v) is 6.74. The quantitative estimate of drug-likeness (QED) is 0.507. The van der Waals surface area contributed by atoms with Crippen LogP contribution < -0.4 is 20.1 Å². The number of pyridine rings is 1. The summed E-state index contributed by atoms with van der Waals surface area (Å²) in [6.45, 7) is 2.80. The number of ether oxygens (including phenoxy) is 2. The summed E-state index contributed by atoms with van der Waals surface area (Å²) in [5.41, 5.74) is 2.98. The van der Waals surface area contributed by atoms with Crippen molar-refractivity contribution in [2.24, 2.45) is 0 Å². The van der Waals surface area contributed by atoms with E-state index >= 15 is 0 Å². The summed E-state index contributed by atoms with van der Waals surface area (Å²) in [7, 11) is 1.59. The first kappa shape index (κ1) is 22.8. The number of methoxy groups -OCH3 is 1. The Morgan fingerprint density at radius 2 is 1.97 bits per heavy atom. The predicted octanol–water partition coefficient (Wildman–Crippen LogP) is 4.61. The Morgan fingerprint density at radius 1 is 1.12 bits per heavy atom. The Bertz CT molecular complexity index is 1140. The number of anilines is 1.